The maximum Gasteiger partial charge on any atom is 0.401 e. The van der Waals surface area contributed by atoms with Gasteiger partial charge in [0.1, 0.15) is 0 Å². The Hall–Kier alpha value is -0.290. The fourth-order valence-corrected chi connectivity index (χ4v) is 2.17. The minimum atomic E-state index is -4.13. The topological polar surface area (TPSA) is 29.3 Å². The molecule has 0 rings (SSSR count). The van der Waals surface area contributed by atoms with E-state index in [-0.39, 0.29) is 5.41 Å². The van der Waals surface area contributed by atoms with Crippen LogP contribution in [0.3, 0.4) is 0 Å². The van der Waals surface area contributed by atoms with Gasteiger partial charge < -0.3 is 5.73 Å². The van der Waals surface area contributed by atoms with E-state index in [1.807, 2.05) is 20.8 Å². The van der Waals surface area contributed by atoms with Gasteiger partial charge in [-0.2, -0.15) is 13.2 Å². The van der Waals surface area contributed by atoms with Gasteiger partial charge in [0.15, 0.2) is 0 Å². The van der Waals surface area contributed by atoms with Gasteiger partial charge in [0.05, 0.1) is 6.54 Å². The SMILES string of the molecule is CCCN(CC(F)(F)F)CC(C)(CN)CCC. The highest BCUT2D eigenvalue weighted by Crippen LogP contribution is 2.25. The van der Waals surface area contributed by atoms with Gasteiger partial charge in [-0.05, 0) is 31.3 Å². The van der Waals surface area contributed by atoms with Crippen LogP contribution < -0.4 is 5.73 Å². The van der Waals surface area contributed by atoms with Crippen LogP contribution in [-0.2, 0) is 0 Å². The number of hydrogen-bond acceptors (Lipinski definition) is 2. The quantitative estimate of drug-likeness (QED) is 0.721. The summed E-state index contributed by atoms with van der Waals surface area (Å²) in [5.74, 6) is 0. The van der Waals surface area contributed by atoms with Crippen molar-refractivity contribution in [1.82, 2.24) is 4.90 Å². The molecule has 0 radical (unpaired) electrons. The zero-order valence-corrected chi connectivity index (χ0v) is 11.1. The Kier molecular flexibility index (Phi) is 7.09. The molecule has 0 bridgehead atoms. The zero-order valence-electron chi connectivity index (χ0n) is 11.1. The molecule has 0 aromatic heterocycles. The third-order valence-electron chi connectivity index (χ3n) is 2.89. The summed E-state index contributed by atoms with van der Waals surface area (Å²) in [6.07, 6.45) is -1.60. The average Bonchev–Trinajstić information content (AvgIpc) is 2.15. The van der Waals surface area contributed by atoms with E-state index in [0.717, 1.165) is 19.3 Å². The first kappa shape index (κ1) is 16.7. The number of nitrogens with two attached hydrogens (primary N) is 1. The lowest BCUT2D eigenvalue weighted by atomic mass is 9.85. The molecule has 0 aliphatic heterocycles. The lowest BCUT2D eigenvalue weighted by Gasteiger charge is -2.35. The fraction of sp³-hybridized carbons (Fsp3) is 1.00. The normalized spacial score (nSPS) is 16.2. The highest BCUT2D eigenvalue weighted by Gasteiger charge is 2.33. The highest BCUT2D eigenvalue weighted by molar-refractivity contribution is 4.80. The molecule has 0 aliphatic carbocycles. The lowest BCUT2D eigenvalue weighted by molar-refractivity contribution is -0.148. The molecule has 17 heavy (non-hydrogen) atoms. The first-order valence-corrected chi connectivity index (χ1v) is 6.25. The molecule has 104 valence electrons. The number of nitrogens with zero attached hydrogens (tertiary/aromatic N) is 1. The van der Waals surface area contributed by atoms with Crippen LogP contribution >= 0.6 is 0 Å². The second-order valence-corrected chi connectivity index (χ2v) is 5.09. The molecule has 0 aliphatic rings. The van der Waals surface area contributed by atoms with E-state index in [4.69, 9.17) is 5.73 Å². The van der Waals surface area contributed by atoms with Crippen molar-refractivity contribution in [2.45, 2.75) is 46.2 Å². The van der Waals surface area contributed by atoms with E-state index >= 15 is 0 Å². The maximum atomic E-state index is 12.4. The first-order valence-electron chi connectivity index (χ1n) is 6.25. The number of alkyl halides is 3. The van der Waals surface area contributed by atoms with Crippen LogP contribution in [0.1, 0.15) is 40.0 Å². The van der Waals surface area contributed by atoms with E-state index in [1.165, 1.54) is 4.90 Å². The molecule has 0 spiro atoms. The van der Waals surface area contributed by atoms with Gasteiger partial charge in [0.2, 0.25) is 0 Å². The van der Waals surface area contributed by atoms with E-state index in [9.17, 15) is 13.2 Å². The third-order valence-corrected chi connectivity index (χ3v) is 2.89. The Labute approximate surface area is 102 Å². The molecule has 1 unspecified atom stereocenters. The smallest absolute Gasteiger partial charge is 0.330 e. The van der Waals surface area contributed by atoms with E-state index in [1.54, 1.807) is 0 Å². The Morgan fingerprint density at radius 2 is 1.65 bits per heavy atom. The zero-order chi connectivity index (χ0) is 13.5. The number of halogens is 3. The molecule has 0 fully saturated rings. The number of rotatable bonds is 8. The van der Waals surface area contributed by atoms with Gasteiger partial charge in [-0.1, -0.05) is 27.2 Å². The van der Waals surface area contributed by atoms with Crippen molar-refractivity contribution in [3.8, 4) is 0 Å². The summed E-state index contributed by atoms with van der Waals surface area (Å²) in [5.41, 5.74) is 5.48. The molecule has 0 saturated carbocycles. The molecule has 0 aromatic rings. The molecular formula is C12H25F3N2. The molecular weight excluding hydrogens is 229 g/mol. The third kappa shape index (κ3) is 7.60. The molecule has 0 saturated heterocycles. The molecule has 0 amide bonds. The Balaban J connectivity index is 4.50. The molecule has 2 nitrogen and oxygen atoms in total. The summed E-state index contributed by atoms with van der Waals surface area (Å²) in [6, 6.07) is 0. The fourth-order valence-electron chi connectivity index (χ4n) is 2.17. The summed E-state index contributed by atoms with van der Waals surface area (Å²) in [4.78, 5) is 1.47. The monoisotopic (exact) mass is 254 g/mol. The van der Waals surface area contributed by atoms with Crippen molar-refractivity contribution in [1.29, 1.82) is 0 Å². The van der Waals surface area contributed by atoms with Gasteiger partial charge >= 0.3 is 6.18 Å². The minimum Gasteiger partial charge on any atom is -0.330 e. The Morgan fingerprint density at radius 3 is 2.00 bits per heavy atom. The average molecular weight is 254 g/mol. The predicted octanol–water partition coefficient (Wildman–Crippen LogP) is 3.03. The van der Waals surface area contributed by atoms with Crippen molar-refractivity contribution in [3.05, 3.63) is 0 Å². The van der Waals surface area contributed by atoms with Crippen LogP contribution in [0, 0.1) is 5.41 Å². The predicted molar refractivity (Wildman–Crippen MR) is 64.9 cm³/mol. The van der Waals surface area contributed by atoms with Crippen LogP contribution in [0.25, 0.3) is 0 Å². The largest absolute Gasteiger partial charge is 0.401 e. The summed E-state index contributed by atoms with van der Waals surface area (Å²) in [7, 11) is 0. The van der Waals surface area contributed by atoms with Crippen LogP contribution in [0.5, 0.6) is 0 Å². The van der Waals surface area contributed by atoms with Crippen molar-refractivity contribution < 1.29 is 13.2 Å². The van der Waals surface area contributed by atoms with Crippen LogP contribution in [0.2, 0.25) is 0 Å². The van der Waals surface area contributed by atoms with E-state index < -0.39 is 12.7 Å². The van der Waals surface area contributed by atoms with Crippen LogP contribution in [-0.4, -0.2) is 37.3 Å². The van der Waals surface area contributed by atoms with Crippen LogP contribution in [0.4, 0.5) is 13.2 Å². The number of hydrogen-bond donors (Lipinski definition) is 1. The summed E-state index contributed by atoms with van der Waals surface area (Å²) in [5, 5.41) is 0. The lowest BCUT2D eigenvalue weighted by Crippen LogP contribution is -2.44. The minimum absolute atomic E-state index is 0.213. The van der Waals surface area contributed by atoms with Crippen molar-refractivity contribution in [3.63, 3.8) is 0 Å². The molecule has 2 N–H and O–H groups in total. The second kappa shape index (κ2) is 7.21. The van der Waals surface area contributed by atoms with E-state index in [0.29, 0.717) is 19.6 Å². The second-order valence-electron chi connectivity index (χ2n) is 5.09. The van der Waals surface area contributed by atoms with Gasteiger partial charge in [0.25, 0.3) is 0 Å². The van der Waals surface area contributed by atoms with E-state index in [2.05, 4.69) is 0 Å². The van der Waals surface area contributed by atoms with Crippen molar-refractivity contribution in [2.24, 2.45) is 11.1 Å². The Bertz CT molecular complexity index is 206. The van der Waals surface area contributed by atoms with Crippen molar-refractivity contribution in [2.75, 3.05) is 26.2 Å². The van der Waals surface area contributed by atoms with Gasteiger partial charge in [0, 0.05) is 6.54 Å². The summed E-state index contributed by atoms with van der Waals surface area (Å²) in [6.45, 7) is 6.38. The molecule has 0 heterocycles. The first-order chi connectivity index (χ1) is 7.76. The summed E-state index contributed by atoms with van der Waals surface area (Å²) >= 11 is 0. The standard InChI is InChI=1S/C12H25F3N2/c1-4-6-11(3,8-16)9-17(7-5-2)10-12(13,14)15/h4-10,16H2,1-3H3. The molecule has 5 heteroatoms. The van der Waals surface area contributed by atoms with Crippen LogP contribution in [0.15, 0.2) is 0 Å². The van der Waals surface area contributed by atoms with Gasteiger partial charge in [-0.3, -0.25) is 4.90 Å². The molecule has 1 atom stereocenters. The maximum absolute atomic E-state index is 12.4. The summed E-state index contributed by atoms with van der Waals surface area (Å²) < 4.78 is 37.3. The van der Waals surface area contributed by atoms with Gasteiger partial charge in [-0.15, -0.1) is 0 Å². The van der Waals surface area contributed by atoms with Gasteiger partial charge in [-0.25, -0.2) is 0 Å². The highest BCUT2D eigenvalue weighted by atomic mass is 19.4. The Morgan fingerprint density at radius 1 is 1.06 bits per heavy atom. The van der Waals surface area contributed by atoms with Crippen molar-refractivity contribution >= 4 is 0 Å². The molecule has 0 aromatic carbocycles.